The van der Waals surface area contributed by atoms with Crippen molar-refractivity contribution in [1.82, 2.24) is 0 Å². The Morgan fingerprint density at radius 3 is 2.48 bits per heavy atom. The van der Waals surface area contributed by atoms with Crippen LogP contribution in [0, 0.1) is 6.92 Å². The summed E-state index contributed by atoms with van der Waals surface area (Å²) >= 11 is 0. The number of ether oxygens (including phenoxy) is 2. The number of hydrogen-bond acceptors (Lipinski definition) is 5. The molecule has 3 rings (SSSR count). The summed E-state index contributed by atoms with van der Waals surface area (Å²) in [5.41, 5.74) is 0.724. The van der Waals surface area contributed by atoms with Gasteiger partial charge in [-0.05, 0) is 32.0 Å². The first kappa shape index (κ1) is 13.2. The zero-order chi connectivity index (χ0) is 15.0. The van der Waals surface area contributed by atoms with Gasteiger partial charge in [0.15, 0.2) is 23.0 Å². The molecule has 1 aliphatic heterocycles. The van der Waals surface area contributed by atoms with Crippen LogP contribution in [0.15, 0.2) is 28.7 Å². The molecule has 1 amide bonds. The quantitative estimate of drug-likeness (QED) is 0.878. The topological polar surface area (TPSA) is 77.8 Å². The van der Waals surface area contributed by atoms with E-state index in [-0.39, 0.29) is 18.3 Å². The molecule has 0 saturated carbocycles. The molecule has 0 fully saturated rings. The highest BCUT2D eigenvalue weighted by Crippen LogP contribution is 2.37. The Labute approximate surface area is 120 Å². The van der Waals surface area contributed by atoms with Crippen LogP contribution < -0.4 is 14.8 Å². The number of benzene rings is 1. The predicted octanol–water partition coefficient (Wildman–Crippen LogP) is 2.77. The number of aryl methyl sites for hydroxylation is 1. The van der Waals surface area contributed by atoms with E-state index in [9.17, 15) is 9.59 Å². The number of carbonyl (C=O) groups is 2. The summed E-state index contributed by atoms with van der Waals surface area (Å²) in [7, 11) is 0. The average Bonchev–Trinajstić information content (AvgIpc) is 3.05. The van der Waals surface area contributed by atoms with Crippen molar-refractivity contribution in [1.29, 1.82) is 0 Å². The smallest absolute Gasteiger partial charge is 0.291 e. The number of Topliss-reactive ketones (excluding diaryl/α,β-unsaturated/α-hetero) is 1. The zero-order valence-corrected chi connectivity index (χ0v) is 11.6. The SMILES string of the molecule is CC(=O)c1cc2c(cc1NC(=O)c1ccc(C)o1)OCO2. The van der Waals surface area contributed by atoms with Gasteiger partial charge in [0.25, 0.3) is 5.91 Å². The van der Waals surface area contributed by atoms with Crippen LogP contribution in [0.5, 0.6) is 11.5 Å². The number of anilines is 1. The minimum atomic E-state index is -0.426. The largest absolute Gasteiger partial charge is 0.456 e. The van der Waals surface area contributed by atoms with Crippen molar-refractivity contribution in [3.8, 4) is 11.5 Å². The van der Waals surface area contributed by atoms with E-state index in [1.807, 2.05) is 0 Å². The summed E-state index contributed by atoms with van der Waals surface area (Å²) in [6, 6.07) is 6.41. The lowest BCUT2D eigenvalue weighted by molar-refractivity contribution is 0.0995. The second-order valence-corrected chi connectivity index (χ2v) is 4.67. The molecule has 108 valence electrons. The van der Waals surface area contributed by atoms with Gasteiger partial charge in [0, 0.05) is 11.6 Å². The van der Waals surface area contributed by atoms with E-state index in [4.69, 9.17) is 13.9 Å². The van der Waals surface area contributed by atoms with Crippen molar-refractivity contribution >= 4 is 17.4 Å². The third-order valence-corrected chi connectivity index (χ3v) is 3.10. The Morgan fingerprint density at radius 1 is 1.14 bits per heavy atom. The van der Waals surface area contributed by atoms with E-state index in [1.54, 1.807) is 31.2 Å². The summed E-state index contributed by atoms with van der Waals surface area (Å²) in [6.45, 7) is 3.27. The lowest BCUT2D eigenvalue weighted by Gasteiger charge is -2.09. The summed E-state index contributed by atoms with van der Waals surface area (Å²) in [4.78, 5) is 23.8. The second-order valence-electron chi connectivity index (χ2n) is 4.67. The fourth-order valence-electron chi connectivity index (χ4n) is 2.08. The highest BCUT2D eigenvalue weighted by Gasteiger charge is 2.21. The number of nitrogens with one attached hydrogen (secondary N) is 1. The van der Waals surface area contributed by atoms with Crippen molar-refractivity contribution in [3.05, 3.63) is 41.3 Å². The van der Waals surface area contributed by atoms with Gasteiger partial charge in [0.2, 0.25) is 6.79 Å². The third-order valence-electron chi connectivity index (χ3n) is 3.10. The van der Waals surface area contributed by atoms with Gasteiger partial charge in [-0.15, -0.1) is 0 Å². The lowest BCUT2D eigenvalue weighted by atomic mass is 10.1. The van der Waals surface area contributed by atoms with Crippen LogP contribution in [-0.2, 0) is 0 Å². The number of carbonyl (C=O) groups excluding carboxylic acids is 2. The Morgan fingerprint density at radius 2 is 1.86 bits per heavy atom. The summed E-state index contributed by atoms with van der Waals surface area (Å²) < 4.78 is 15.7. The van der Waals surface area contributed by atoms with Gasteiger partial charge in [-0.2, -0.15) is 0 Å². The molecule has 1 aliphatic rings. The van der Waals surface area contributed by atoms with E-state index < -0.39 is 5.91 Å². The molecule has 0 unspecified atom stereocenters. The van der Waals surface area contributed by atoms with E-state index in [0.29, 0.717) is 28.5 Å². The highest BCUT2D eigenvalue weighted by molar-refractivity contribution is 6.08. The molecule has 1 aromatic carbocycles. The van der Waals surface area contributed by atoms with Gasteiger partial charge >= 0.3 is 0 Å². The number of rotatable bonds is 3. The molecule has 0 atom stereocenters. The number of amides is 1. The fraction of sp³-hybridized carbons (Fsp3) is 0.200. The summed E-state index contributed by atoms with van der Waals surface area (Å²) in [5.74, 6) is 1.19. The van der Waals surface area contributed by atoms with Gasteiger partial charge in [0.05, 0.1) is 5.69 Å². The number of furan rings is 1. The lowest BCUT2D eigenvalue weighted by Crippen LogP contribution is -2.13. The van der Waals surface area contributed by atoms with Crippen LogP contribution in [-0.4, -0.2) is 18.5 Å². The molecule has 1 aromatic heterocycles. The van der Waals surface area contributed by atoms with E-state index in [1.165, 1.54) is 6.92 Å². The van der Waals surface area contributed by atoms with E-state index >= 15 is 0 Å². The summed E-state index contributed by atoms with van der Waals surface area (Å²) in [5, 5.41) is 2.66. The maximum absolute atomic E-state index is 12.1. The molecule has 2 aromatic rings. The van der Waals surface area contributed by atoms with Gasteiger partial charge in [-0.1, -0.05) is 0 Å². The predicted molar refractivity (Wildman–Crippen MR) is 74.0 cm³/mol. The zero-order valence-electron chi connectivity index (χ0n) is 11.6. The fourth-order valence-corrected chi connectivity index (χ4v) is 2.08. The van der Waals surface area contributed by atoms with Crippen LogP contribution in [0.1, 0.15) is 33.6 Å². The molecule has 6 heteroatoms. The van der Waals surface area contributed by atoms with Crippen LogP contribution in [0.4, 0.5) is 5.69 Å². The first-order valence-electron chi connectivity index (χ1n) is 6.37. The second kappa shape index (κ2) is 4.97. The molecular formula is C15H13NO5. The standard InChI is InChI=1S/C15H13NO5/c1-8-3-4-12(21-8)15(18)16-11-6-14-13(19-7-20-14)5-10(11)9(2)17/h3-6H,7H2,1-2H3,(H,16,18). The molecule has 0 aliphatic carbocycles. The molecule has 0 saturated heterocycles. The van der Waals surface area contributed by atoms with Crippen LogP contribution >= 0.6 is 0 Å². The molecule has 1 N–H and O–H groups in total. The first-order valence-corrected chi connectivity index (χ1v) is 6.37. The maximum atomic E-state index is 12.1. The van der Waals surface area contributed by atoms with E-state index in [0.717, 1.165) is 0 Å². The molecule has 21 heavy (non-hydrogen) atoms. The monoisotopic (exact) mass is 287 g/mol. The van der Waals surface area contributed by atoms with Crippen molar-refractivity contribution < 1.29 is 23.5 Å². The maximum Gasteiger partial charge on any atom is 0.291 e. The Bertz CT molecular complexity index is 732. The van der Waals surface area contributed by atoms with Gasteiger partial charge in [-0.25, -0.2) is 0 Å². The number of hydrogen-bond donors (Lipinski definition) is 1. The highest BCUT2D eigenvalue weighted by atomic mass is 16.7. The average molecular weight is 287 g/mol. The van der Waals surface area contributed by atoms with Gasteiger partial charge < -0.3 is 19.2 Å². The molecule has 0 radical (unpaired) electrons. The summed E-state index contributed by atoms with van der Waals surface area (Å²) in [6.07, 6.45) is 0. The minimum absolute atomic E-state index is 0.0987. The minimum Gasteiger partial charge on any atom is -0.456 e. The molecule has 2 heterocycles. The normalized spacial score (nSPS) is 12.3. The number of fused-ring (bicyclic) bond motifs is 1. The van der Waals surface area contributed by atoms with E-state index in [2.05, 4.69) is 5.32 Å². The van der Waals surface area contributed by atoms with Gasteiger partial charge in [-0.3, -0.25) is 9.59 Å². The van der Waals surface area contributed by atoms with Gasteiger partial charge in [0.1, 0.15) is 5.76 Å². The van der Waals surface area contributed by atoms with Crippen LogP contribution in [0.3, 0.4) is 0 Å². The molecule has 0 bridgehead atoms. The Balaban J connectivity index is 1.94. The molecule has 0 spiro atoms. The third kappa shape index (κ3) is 2.47. The first-order chi connectivity index (χ1) is 10.0. The Hall–Kier alpha value is -2.76. The van der Waals surface area contributed by atoms with Crippen LogP contribution in [0.2, 0.25) is 0 Å². The van der Waals surface area contributed by atoms with Crippen molar-refractivity contribution in [3.63, 3.8) is 0 Å². The number of ketones is 1. The molecular weight excluding hydrogens is 274 g/mol. The molecule has 6 nitrogen and oxygen atoms in total. The van der Waals surface area contributed by atoms with Crippen molar-refractivity contribution in [2.45, 2.75) is 13.8 Å². The Kier molecular flexibility index (Phi) is 3.13. The van der Waals surface area contributed by atoms with Crippen LogP contribution in [0.25, 0.3) is 0 Å². The van der Waals surface area contributed by atoms with Crippen molar-refractivity contribution in [2.75, 3.05) is 12.1 Å². The van der Waals surface area contributed by atoms with Crippen molar-refractivity contribution in [2.24, 2.45) is 0 Å².